The number of alkyl halides is 5. The lowest BCUT2D eigenvalue weighted by atomic mass is 10.3. The van der Waals surface area contributed by atoms with Crippen LogP contribution in [-0.4, -0.2) is 37.9 Å². The fraction of sp³-hybridized carbons (Fsp3) is 0.250. The Labute approximate surface area is 111 Å². The topological polar surface area (TPSA) is 83.6 Å². The van der Waals surface area contributed by atoms with E-state index < -0.39 is 24.0 Å². The Bertz CT molecular complexity index is 669. The van der Waals surface area contributed by atoms with Crippen LogP contribution >= 0.6 is 11.6 Å². The van der Waals surface area contributed by atoms with Crippen molar-refractivity contribution in [1.29, 1.82) is 0 Å². The molecule has 0 saturated carbocycles. The first kappa shape index (κ1) is 14.4. The molecule has 0 bridgehead atoms. The molecule has 2 heterocycles. The van der Waals surface area contributed by atoms with Gasteiger partial charge in [-0.3, -0.25) is 10.1 Å². The molecule has 2 aromatic rings. The Morgan fingerprint density at radius 2 is 1.90 bits per heavy atom. The summed E-state index contributed by atoms with van der Waals surface area (Å²) >= 11 is 5.61. The zero-order valence-electron chi connectivity index (χ0n) is 9.10. The van der Waals surface area contributed by atoms with Crippen LogP contribution in [0.15, 0.2) is 6.33 Å². The molecule has 6 nitrogen and oxygen atoms in total. The van der Waals surface area contributed by atoms with E-state index in [2.05, 4.69) is 19.9 Å². The Kier molecular flexibility index (Phi) is 3.24. The van der Waals surface area contributed by atoms with Crippen molar-refractivity contribution in [3.05, 3.63) is 11.5 Å². The number of amides is 1. The molecule has 0 fully saturated rings. The number of imidazole rings is 1. The summed E-state index contributed by atoms with van der Waals surface area (Å²) in [4.78, 5) is 23.9. The Morgan fingerprint density at radius 3 is 2.50 bits per heavy atom. The normalized spacial score (nSPS) is 12.7. The highest BCUT2D eigenvalue weighted by atomic mass is 35.5. The molecule has 0 aromatic carbocycles. The third kappa shape index (κ3) is 2.35. The lowest BCUT2D eigenvalue weighted by Gasteiger charge is -2.17. The molecule has 1 amide bonds. The molecular formula is C8H3ClF5N5O. The van der Waals surface area contributed by atoms with E-state index >= 15 is 0 Å². The van der Waals surface area contributed by atoms with Crippen LogP contribution < -0.4 is 5.32 Å². The van der Waals surface area contributed by atoms with Gasteiger partial charge in [-0.15, -0.1) is 0 Å². The number of hydrogen-bond donors (Lipinski definition) is 2. The highest BCUT2D eigenvalue weighted by molar-refractivity contribution is 6.33. The van der Waals surface area contributed by atoms with Gasteiger partial charge in [-0.25, -0.2) is 4.98 Å². The smallest absolute Gasteiger partial charge is 0.341 e. The highest BCUT2D eigenvalue weighted by Crippen LogP contribution is 2.36. The van der Waals surface area contributed by atoms with Gasteiger partial charge in [0.05, 0.1) is 6.33 Å². The fourth-order valence-electron chi connectivity index (χ4n) is 1.16. The number of aromatic amines is 1. The zero-order valence-corrected chi connectivity index (χ0v) is 9.85. The first-order valence-electron chi connectivity index (χ1n) is 4.75. The number of nitrogens with zero attached hydrogens (tertiary/aromatic N) is 3. The van der Waals surface area contributed by atoms with Crippen LogP contribution in [0, 0.1) is 0 Å². The molecule has 0 aliphatic rings. The van der Waals surface area contributed by atoms with Gasteiger partial charge in [-0.2, -0.15) is 31.9 Å². The number of aromatic nitrogens is 4. The van der Waals surface area contributed by atoms with Crippen LogP contribution in [0.4, 0.5) is 27.9 Å². The van der Waals surface area contributed by atoms with Crippen LogP contribution in [0.25, 0.3) is 11.2 Å². The zero-order chi connectivity index (χ0) is 15.1. The van der Waals surface area contributed by atoms with Crippen molar-refractivity contribution in [1.82, 2.24) is 19.9 Å². The molecule has 0 aliphatic carbocycles. The SMILES string of the molecule is O=C(Nc1nc(Cl)c2[nH]cnc2n1)C(F)(F)C(F)(F)F. The maximum Gasteiger partial charge on any atom is 0.463 e. The maximum atomic E-state index is 12.7. The Morgan fingerprint density at radius 1 is 1.25 bits per heavy atom. The van der Waals surface area contributed by atoms with Gasteiger partial charge in [0.1, 0.15) is 5.52 Å². The van der Waals surface area contributed by atoms with E-state index in [1.54, 1.807) is 0 Å². The third-order valence-corrected chi connectivity index (χ3v) is 2.38. The lowest BCUT2D eigenvalue weighted by Crippen LogP contribution is -2.47. The number of carbonyl (C=O) groups is 1. The van der Waals surface area contributed by atoms with E-state index in [9.17, 15) is 26.7 Å². The summed E-state index contributed by atoms with van der Waals surface area (Å²) in [6.45, 7) is 0. The van der Waals surface area contributed by atoms with Crippen LogP contribution in [0.5, 0.6) is 0 Å². The summed E-state index contributed by atoms with van der Waals surface area (Å²) < 4.78 is 61.4. The number of nitrogens with one attached hydrogen (secondary N) is 2. The maximum absolute atomic E-state index is 12.7. The van der Waals surface area contributed by atoms with E-state index in [1.807, 2.05) is 0 Å². The molecule has 2 N–H and O–H groups in total. The van der Waals surface area contributed by atoms with Gasteiger partial charge in [0.15, 0.2) is 10.8 Å². The van der Waals surface area contributed by atoms with Gasteiger partial charge in [0, 0.05) is 0 Å². The van der Waals surface area contributed by atoms with Gasteiger partial charge < -0.3 is 4.98 Å². The van der Waals surface area contributed by atoms with Gasteiger partial charge in [0.2, 0.25) is 5.95 Å². The van der Waals surface area contributed by atoms with Gasteiger partial charge >= 0.3 is 18.0 Å². The summed E-state index contributed by atoms with van der Waals surface area (Å²) in [6, 6.07) is 0. The predicted molar refractivity (Wildman–Crippen MR) is 56.3 cm³/mol. The molecule has 0 spiro atoms. The number of hydrogen-bond acceptors (Lipinski definition) is 4. The highest BCUT2D eigenvalue weighted by Gasteiger charge is 2.63. The van der Waals surface area contributed by atoms with Crippen molar-refractivity contribution in [3.63, 3.8) is 0 Å². The molecule has 2 aromatic heterocycles. The summed E-state index contributed by atoms with van der Waals surface area (Å²) in [5, 5.41) is 0.949. The standard InChI is InChI=1S/C8H3ClF5N5O/c9-3-2-4(16-1-15-2)18-6(17-3)19-5(20)7(10,11)8(12,13)14/h1H,(H2,15,16,17,18,19,20). The van der Waals surface area contributed by atoms with Crippen LogP contribution in [0.1, 0.15) is 0 Å². The largest absolute Gasteiger partial charge is 0.463 e. The van der Waals surface area contributed by atoms with Crippen molar-refractivity contribution < 1.29 is 26.7 Å². The van der Waals surface area contributed by atoms with Crippen molar-refractivity contribution in [2.75, 3.05) is 5.32 Å². The van der Waals surface area contributed by atoms with E-state index in [0.717, 1.165) is 6.33 Å². The summed E-state index contributed by atoms with van der Waals surface area (Å²) in [7, 11) is 0. The minimum Gasteiger partial charge on any atom is -0.341 e. The number of carbonyl (C=O) groups excluding carboxylic acids is 1. The summed E-state index contributed by atoms with van der Waals surface area (Å²) in [5.74, 6) is -9.01. The second-order valence-corrected chi connectivity index (χ2v) is 3.82. The van der Waals surface area contributed by atoms with Crippen molar-refractivity contribution in [2.45, 2.75) is 12.1 Å². The first-order chi connectivity index (χ1) is 9.13. The van der Waals surface area contributed by atoms with Gasteiger partial charge in [-0.05, 0) is 0 Å². The van der Waals surface area contributed by atoms with Crippen molar-refractivity contribution >= 4 is 34.6 Å². The van der Waals surface area contributed by atoms with Crippen LogP contribution in [0.3, 0.4) is 0 Å². The third-order valence-electron chi connectivity index (χ3n) is 2.11. The number of H-pyrrole nitrogens is 1. The summed E-state index contributed by atoms with van der Waals surface area (Å²) in [6.07, 6.45) is -4.88. The molecule has 2 rings (SSSR count). The molecule has 0 aliphatic heterocycles. The van der Waals surface area contributed by atoms with E-state index in [-0.39, 0.29) is 16.3 Å². The van der Waals surface area contributed by atoms with E-state index in [0.29, 0.717) is 0 Å². The molecule has 20 heavy (non-hydrogen) atoms. The number of rotatable bonds is 2. The molecule has 0 atom stereocenters. The molecular weight excluding hydrogens is 313 g/mol. The second-order valence-electron chi connectivity index (χ2n) is 3.47. The number of fused-ring (bicyclic) bond motifs is 1. The average Bonchev–Trinajstić information content (AvgIpc) is 2.75. The second kappa shape index (κ2) is 4.51. The molecule has 0 unspecified atom stereocenters. The predicted octanol–water partition coefficient (Wildman–Crippen LogP) is 2.14. The number of halogens is 6. The van der Waals surface area contributed by atoms with Gasteiger partial charge in [-0.1, -0.05) is 11.6 Å². The van der Waals surface area contributed by atoms with Crippen LogP contribution in [-0.2, 0) is 4.79 Å². The fourth-order valence-corrected chi connectivity index (χ4v) is 1.38. The minimum absolute atomic E-state index is 0.101. The van der Waals surface area contributed by atoms with Gasteiger partial charge in [0.25, 0.3) is 0 Å². The van der Waals surface area contributed by atoms with E-state index in [4.69, 9.17) is 11.6 Å². The Balaban J connectivity index is 2.30. The van der Waals surface area contributed by atoms with Crippen molar-refractivity contribution in [2.24, 2.45) is 0 Å². The summed E-state index contributed by atoms with van der Waals surface area (Å²) in [5.41, 5.74) is 0.0443. The monoisotopic (exact) mass is 315 g/mol. The van der Waals surface area contributed by atoms with Crippen molar-refractivity contribution in [3.8, 4) is 0 Å². The molecule has 108 valence electrons. The molecule has 0 saturated heterocycles. The average molecular weight is 316 g/mol. The quantitative estimate of drug-likeness (QED) is 0.657. The minimum atomic E-state index is -6.03. The number of anilines is 1. The lowest BCUT2D eigenvalue weighted by molar-refractivity contribution is -0.267. The molecule has 12 heteroatoms. The van der Waals surface area contributed by atoms with E-state index in [1.165, 1.54) is 5.32 Å². The first-order valence-corrected chi connectivity index (χ1v) is 5.13. The van der Waals surface area contributed by atoms with Crippen LogP contribution in [0.2, 0.25) is 5.15 Å². The Hall–Kier alpha value is -2.04. The molecule has 0 radical (unpaired) electrons.